The lowest BCUT2D eigenvalue weighted by Crippen LogP contribution is -2.31. The number of nitrogens with zero attached hydrogens (tertiary/aromatic N) is 1. The number of nitriles is 1. The molecule has 84 valence electrons. The number of carboxylic acids is 1. The molecule has 15 heavy (non-hydrogen) atoms. The first-order valence-corrected chi connectivity index (χ1v) is 6.15. The lowest BCUT2D eigenvalue weighted by molar-refractivity contribution is -0.136. The van der Waals surface area contributed by atoms with E-state index in [1.165, 1.54) is 0 Å². The maximum Gasteiger partial charge on any atom is 0.304 e. The van der Waals surface area contributed by atoms with Crippen molar-refractivity contribution in [1.29, 1.82) is 5.26 Å². The molecular weight excluding hydrogens is 220 g/mol. The van der Waals surface area contributed by atoms with E-state index in [2.05, 4.69) is 4.72 Å². The van der Waals surface area contributed by atoms with Gasteiger partial charge in [-0.2, -0.15) is 5.26 Å². The fraction of sp³-hybridized carbons (Fsp3) is 0.750. The van der Waals surface area contributed by atoms with Gasteiger partial charge in [-0.3, -0.25) is 4.79 Å². The Labute approximate surface area is 87.9 Å². The third kappa shape index (κ3) is 3.85. The minimum absolute atomic E-state index is 0.126. The monoisotopic (exact) mass is 232 g/mol. The highest BCUT2D eigenvalue weighted by molar-refractivity contribution is 7.89. The van der Waals surface area contributed by atoms with Gasteiger partial charge in [-0.1, -0.05) is 0 Å². The van der Waals surface area contributed by atoms with E-state index in [0.717, 1.165) is 0 Å². The Morgan fingerprint density at radius 2 is 2.13 bits per heavy atom. The number of rotatable bonds is 6. The van der Waals surface area contributed by atoms with Crippen LogP contribution in [0, 0.1) is 16.7 Å². The molecule has 0 heterocycles. The molecule has 0 aromatic rings. The van der Waals surface area contributed by atoms with Crippen molar-refractivity contribution in [3.05, 3.63) is 0 Å². The van der Waals surface area contributed by atoms with Crippen molar-refractivity contribution in [2.45, 2.75) is 19.3 Å². The van der Waals surface area contributed by atoms with Gasteiger partial charge >= 0.3 is 5.97 Å². The minimum atomic E-state index is -3.52. The Morgan fingerprint density at radius 1 is 1.53 bits per heavy atom. The van der Waals surface area contributed by atoms with Crippen LogP contribution in [0.3, 0.4) is 0 Å². The fourth-order valence-electron chi connectivity index (χ4n) is 1.17. The van der Waals surface area contributed by atoms with Gasteiger partial charge in [-0.15, -0.1) is 0 Å². The summed E-state index contributed by atoms with van der Waals surface area (Å²) in [6.45, 7) is -0.126. The zero-order valence-electron chi connectivity index (χ0n) is 8.06. The largest absolute Gasteiger partial charge is 0.481 e. The van der Waals surface area contributed by atoms with Gasteiger partial charge in [0.15, 0.2) is 0 Å². The first-order chi connectivity index (χ1) is 6.89. The zero-order chi connectivity index (χ0) is 11.5. The Hall–Kier alpha value is -1.13. The molecule has 7 heteroatoms. The Kier molecular flexibility index (Phi) is 3.31. The van der Waals surface area contributed by atoms with E-state index >= 15 is 0 Å². The molecule has 1 rings (SSSR count). The van der Waals surface area contributed by atoms with Gasteiger partial charge < -0.3 is 5.11 Å². The van der Waals surface area contributed by atoms with Crippen LogP contribution in [0.5, 0.6) is 0 Å². The van der Waals surface area contributed by atoms with Crippen LogP contribution < -0.4 is 4.72 Å². The molecule has 0 amide bonds. The first-order valence-electron chi connectivity index (χ1n) is 4.50. The Bertz CT molecular complexity index is 391. The molecule has 0 aromatic heterocycles. The lowest BCUT2D eigenvalue weighted by Gasteiger charge is -2.07. The summed E-state index contributed by atoms with van der Waals surface area (Å²) in [5.74, 6) is -1.28. The van der Waals surface area contributed by atoms with Crippen molar-refractivity contribution in [2.24, 2.45) is 5.41 Å². The second kappa shape index (κ2) is 4.16. The van der Waals surface area contributed by atoms with Crippen LogP contribution >= 0.6 is 0 Å². The van der Waals surface area contributed by atoms with Gasteiger partial charge in [0.2, 0.25) is 10.0 Å². The van der Waals surface area contributed by atoms with Crippen molar-refractivity contribution in [2.75, 3.05) is 12.3 Å². The Morgan fingerprint density at radius 3 is 2.53 bits per heavy atom. The average Bonchev–Trinajstić information content (AvgIpc) is 2.83. The summed E-state index contributed by atoms with van der Waals surface area (Å²) < 4.78 is 24.9. The second-order valence-electron chi connectivity index (χ2n) is 3.69. The second-order valence-corrected chi connectivity index (χ2v) is 5.50. The summed E-state index contributed by atoms with van der Waals surface area (Å²) in [5.41, 5.74) is -0.727. The van der Waals surface area contributed by atoms with Crippen LogP contribution in [-0.2, 0) is 14.8 Å². The van der Waals surface area contributed by atoms with Crippen molar-refractivity contribution >= 4 is 16.0 Å². The zero-order valence-corrected chi connectivity index (χ0v) is 8.88. The number of carbonyl (C=O) groups is 1. The molecular formula is C8H12N2O4S. The molecule has 0 saturated heterocycles. The van der Waals surface area contributed by atoms with E-state index in [0.29, 0.717) is 12.8 Å². The quantitative estimate of drug-likeness (QED) is 0.652. The number of hydrogen-bond donors (Lipinski definition) is 2. The van der Waals surface area contributed by atoms with Crippen molar-refractivity contribution in [1.82, 2.24) is 4.72 Å². The highest BCUT2D eigenvalue weighted by Gasteiger charge is 2.46. The summed E-state index contributed by atoms with van der Waals surface area (Å²) in [5, 5.41) is 17.0. The van der Waals surface area contributed by atoms with Gasteiger partial charge in [0.25, 0.3) is 0 Å². The van der Waals surface area contributed by atoms with Crippen LogP contribution in [0.25, 0.3) is 0 Å². The van der Waals surface area contributed by atoms with Crippen LogP contribution in [0.4, 0.5) is 0 Å². The minimum Gasteiger partial charge on any atom is -0.481 e. The average molecular weight is 232 g/mol. The summed E-state index contributed by atoms with van der Waals surface area (Å²) >= 11 is 0. The molecule has 0 atom stereocenters. The third-order valence-electron chi connectivity index (χ3n) is 2.22. The van der Waals surface area contributed by atoms with Crippen LogP contribution in [0.2, 0.25) is 0 Å². The maximum atomic E-state index is 11.4. The molecule has 0 bridgehead atoms. The standard InChI is InChI=1S/C8H12N2O4S/c9-5-8(2-3-8)6-15(13,14)10-4-1-7(11)12/h10H,1-4,6H2,(H,11,12). The molecule has 0 spiro atoms. The molecule has 1 fully saturated rings. The van der Waals surface area contributed by atoms with Gasteiger partial charge in [-0.25, -0.2) is 13.1 Å². The van der Waals surface area contributed by atoms with Crippen LogP contribution in [0.1, 0.15) is 19.3 Å². The smallest absolute Gasteiger partial charge is 0.304 e. The number of sulfonamides is 1. The topological polar surface area (TPSA) is 107 Å². The van der Waals surface area contributed by atoms with Gasteiger partial charge in [0, 0.05) is 6.54 Å². The number of hydrogen-bond acceptors (Lipinski definition) is 4. The van der Waals surface area contributed by atoms with E-state index < -0.39 is 21.4 Å². The van der Waals surface area contributed by atoms with Crippen LogP contribution in [-0.4, -0.2) is 31.8 Å². The van der Waals surface area contributed by atoms with E-state index in [4.69, 9.17) is 10.4 Å². The fourth-order valence-corrected chi connectivity index (χ4v) is 2.76. The maximum absolute atomic E-state index is 11.4. The van der Waals surface area contributed by atoms with E-state index in [1.54, 1.807) is 0 Å². The van der Waals surface area contributed by atoms with Crippen molar-refractivity contribution in [3.63, 3.8) is 0 Å². The third-order valence-corrected chi connectivity index (χ3v) is 3.79. The summed E-state index contributed by atoms with van der Waals surface area (Å²) in [4.78, 5) is 10.2. The van der Waals surface area contributed by atoms with Crippen LogP contribution in [0.15, 0.2) is 0 Å². The molecule has 1 aliphatic rings. The molecule has 0 aliphatic heterocycles. The van der Waals surface area contributed by atoms with Gasteiger partial charge in [0.05, 0.1) is 23.7 Å². The van der Waals surface area contributed by atoms with E-state index in [9.17, 15) is 13.2 Å². The first kappa shape index (κ1) is 11.9. The molecule has 0 radical (unpaired) electrons. The normalized spacial score (nSPS) is 18.1. The molecule has 1 aliphatic carbocycles. The predicted molar refractivity (Wildman–Crippen MR) is 51.3 cm³/mol. The number of nitrogens with one attached hydrogen (secondary N) is 1. The number of carboxylic acid groups (broad SMARTS) is 1. The molecule has 2 N–H and O–H groups in total. The predicted octanol–water partition coefficient (Wildman–Crippen LogP) is -0.316. The molecule has 0 aromatic carbocycles. The summed E-state index contributed by atoms with van der Waals surface area (Å²) in [6, 6.07) is 1.97. The van der Waals surface area contributed by atoms with Crippen molar-refractivity contribution in [3.8, 4) is 6.07 Å². The highest BCUT2D eigenvalue weighted by atomic mass is 32.2. The molecule has 0 unspecified atom stereocenters. The van der Waals surface area contributed by atoms with Crippen molar-refractivity contribution < 1.29 is 18.3 Å². The summed E-state index contributed by atoms with van der Waals surface area (Å²) in [6.07, 6.45) is 0.950. The SMILES string of the molecule is N#CC1(CS(=O)(=O)NCCC(=O)O)CC1. The molecule has 6 nitrogen and oxygen atoms in total. The molecule has 1 saturated carbocycles. The Balaban J connectivity index is 2.40. The highest BCUT2D eigenvalue weighted by Crippen LogP contribution is 2.45. The van der Waals surface area contributed by atoms with E-state index in [-0.39, 0.29) is 18.7 Å². The summed E-state index contributed by atoms with van der Waals surface area (Å²) in [7, 11) is -3.52. The van der Waals surface area contributed by atoms with Gasteiger partial charge in [-0.05, 0) is 12.8 Å². The lowest BCUT2D eigenvalue weighted by atomic mass is 10.2. The van der Waals surface area contributed by atoms with E-state index in [1.807, 2.05) is 6.07 Å². The number of aliphatic carboxylic acids is 1. The van der Waals surface area contributed by atoms with Gasteiger partial charge in [0.1, 0.15) is 0 Å².